The van der Waals surface area contributed by atoms with Gasteiger partial charge in [0.1, 0.15) is 10.0 Å². The molecule has 0 saturated carbocycles. The molecule has 0 amide bonds. The molecule has 0 aliphatic rings. The second-order valence-corrected chi connectivity index (χ2v) is 6.26. The van der Waals surface area contributed by atoms with E-state index in [0.29, 0.717) is 0 Å². The van der Waals surface area contributed by atoms with Crippen LogP contribution in [0.25, 0.3) is 0 Å². The molecule has 0 aliphatic carbocycles. The minimum Gasteiger partial charge on any atom is -0.248 e. The second-order valence-electron chi connectivity index (χ2n) is 2.96. The molecule has 2 aromatic heterocycles. The van der Waals surface area contributed by atoms with Crippen LogP contribution < -0.4 is 0 Å². The van der Waals surface area contributed by atoms with Crippen LogP contribution in [0.15, 0.2) is 26.1 Å². The Balaban J connectivity index is 2.21. The molecule has 0 bridgehead atoms. The summed E-state index contributed by atoms with van der Waals surface area (Å²) >= 11 is 6.55. The van der Waals surface area contributed by atoms with Crippen molar-refractivity contribution in [1.29, 1.82) is 0 Å². The van der Waals surface area contributed by atoms with E-state index in [1.54, 1.807) is 23.1 Å². The summed E-state index contributed by atoms with van der Waals surface area (Å²) in [5.74, 6) is 0. The van der Waals surface area contributed by atoms with Gasteiger partial charge in [-0.05, 0) is 53.2 Å². The van der Waals surface area contributed by atoms with E-state index in [9.17, 15) is 0 Å². The number of hydrogen-bond donors (Lipinski definition) is 0. The molecule has 0 N–H and O–H groups in total. The van der Waals surface area contributed by atoms with E-state index in [-0.39, 0.29) is 0 Å². The monoisotopic (exact) mass is 301 g/mol. The van der Waals surface area contributed by atoms with E-state index in [4.69, 9.17) is 0 Å². The number of pyridine rings is 1. The first-order chi connectivity index (χ1) is 7.15. The molecular formula is C9H8BrN3S2. The molecule has 0 saturated heterocycles. The summed E-state index contributed by atoms with van der Waals surface area (Å²) in [5, 5.41) is 9.94. The first-order valence-corrected chi connectivity index (χ1v) is 6.68. The Hall–Kier alpha value is -0.460. The van der Waals surface area contributed by atoms with E-state index in [0.717, 1.165) is 18.8 Å². The fraction of sp³-hybridized carbons (Fsp3) is 0.222. The minimum absolute atomic E-state index is 0.932. The van der Waals surface area contributed by atoms with Crippen LogP contribution in [0.3, 0.4) is 0 Å². The third-order valence-electron chi connectivity index (χ3n) is 1.72. The third-order valence-corrected chi connectivity index (χ3v) is 4.37. The Morgan fingerprint density at radius 3 is 2.73 bits per heavy atom. The van der Waals surface area contributed by atoms with Gasteiger partial charge in [0, 0.05) is 10.7 Å². The fourth-order valence-electron chi connectivity index (χ4n) is 0.978. The molecule has 6 heteroatoms. The lowest BCUT2D eigenvalue weighted by Crippen LogP contribution is -1.83. The van der Waals surface area contributed by atoms with Crippen LogP contribution in [0.2, 0.25) is 0 Å². The maximum atomic E-state index is 4.30. The average molecular weight is 302 g/mol. The van der Waals surface area contributed by atoms with Gasteiger partial charge in [-0.15, -0.1) is 10.2 Å². The molecule has 0 radical (unpaired) electrons. The van der Waals surface area contributed by atoms with Gasteiger partial charge in [0.25, 0.3) is 0 Å². The van der Waals surface area contributed by atoms with Crippen molar-refractivity contribution in [2.24, 2.45) is 0 Å². The summed E-state index contributed by atoms with van der Waals surface area (Å²) in [7, 11) is 0. The van der Waals surface area contributed by atoms with Crippen molar-refractivity contribution in [3.63, 3.8) is 0 Å². The highest BCUT2D eigenvalue weighted by atomic mass is 79.9. The van der Waals surface area contributed by atoms with Crippen LogP contribution in [-0.2, 0) is 0 Å². The molecular weight excluding hydrogens is 294 g/mol. The summed E-state index contributed by atoms with van der Waals surface area (Å²) in [6, 6.07) is 2.03. The zero-order valence-corrected chi connectivity index (χ0v) is 11.4. The van der Waals surface area contributed by atoms with Crippen LogP contribution in [0.1, 0.15) is 10.6 Å². The molecule has 2 heterocycles. The average Bonchev–Trinajstić information content (AvgIpc) is 2.58. The number of nitrogens with zero attached hydrogens (tertiary/aromatic N) is 3. The number of rotatable bonds is 2. The van der Waals surface area contributed by atoms with Crippen molar-refractivity contribution >= 4 is 39.0 Å². The highest BCUT2D eigenvalue weighted by Gasteiger charge is 2.05. The highest BCUT2D eigenvalue weighted by molar-refractivity contribution is 9.10. The second kappa shape index (κ2) is 4.59. The highest BCUT2D eigenvalue weighted by Crippen LogP contribution is 2.30. The van der Waals surface area contributed by atoms with Crippen molar-refractivity contribution in [3.8, 4) is 0 Å². The number of aromatic nitrogens is 3. The minimum atomic E-state index is 0.932. The standard InChI is InChI=1S/C9H8BrN3S2/c1-5-3-8(11-4-7(5)10)15-9-13-12-6(2)14-9/h3-4H,1-2H3. The number of halogens is 1. The van der Waals surface area contributed by atoms with Gasteiger partial charge in [0.15, 0.2) is 4.34 Å². The van der Waals surface area contributed by atoms with Crippen molar-refractivity contribution in [2.45, 2.75) is 23.2 Å². The molecule has 78 valence electrons. The summed E-state index contributed by atoms with van der Waals surface area (Å²) in [6.07, 6.45) is 1.81. The lowest BCUT2D eigenvalue weighted by Gasteiger charge is -1.99. The summed E-state index contributed by atoms with van der Waals surface area (Å²) in [5.41, 5.74) is 1.17. The Morgan fingerprint density at radius 2 is 2.13 bits per heavy atom. The van der Waals surface area contributed by atoms with E-state index in [1.165, 1.54) is 5.56 Å². The van der Waals surface area contributed by atoms with Crippen LogP contribution in [-0.4, -0.2) is 15.2 Å². The first kappa shape index (κ1) is 11.0. The van der Waals surface area contributed by atoms with Crippen molar-refractivity contribution in [2.75, 3.05) is 0 Å². The van der Waals surface area contributed by atoms with Gasteiger partial charge < -0.3 is 0 Å². The lowest BCUT2D eigenvalue weighted by atomic mass is 10.3. The molecule has 0 aromatic carbocycles. The van der Waals surface area contributed by atoms with Gasteiger partial charge in [-0.2, -0.15) is 0 Å². The number of aryl methyl sites for hydroxylation is 2. The van der Waals surface area contributed by atoms with Crippen LogP contribution in [0.4, 0.5) is 0 Å². The summed E-state index contributed by atoms with van der Waals surface area (Å²) in [6.45, 7) is 3.99. The van der Waals surface area contributed by atoms with Crippen LogP contribution in [0, 0.1) is 13.8 Å². The molecule has 0 spiro atoms. The van der Waals surface area contributed by atoms with E-state index in [2.05, 4.69) is 31.1 Å². The van der Waals surface area contributed by atoms with Gasteiger partial charge in [-0.25, -0.2) is 4.98 Å². The normalized spacial score (nSPS) is 10.6. The Labute approximate surface area is 104 Å². The predicted octanol–water partition coefficient (Wildman–Crippen LogP) is 3.46. The maximum Gasteiger partial charge on any atom is 0.180 e. The fourth-order valence-corrected chi connectivity index (χ4v) is 3.00. The van der Waals surface area contributed by atoms with Crippen LogP contribution in [0.5, 0.6) is 0 Å². The van der Waals surface area contributed by atoms with Gasteiger partial charge in [-0.3, -0.25) is 0 Å². The predicted molar refractivity (Wildman–Crippen MR) is 65.4 cm³/mol. The Morgan fingerprint density at radius 1 is 1.33 bits per heavy atom. The summed E-state index contributed by atoms with van der Waals surface area (Å²) < 4.78 is 1.96. The molecule has 0 aliphatic heterocycles. The molecule has 3 nitrogen and oxygen atoms in total. The van der Waals surface area contributed by atoms with Crippen LogP contribution >= 0.6 is 39.0 Å². The topological polar surface area (TPSA) is 38.7 Å². The van der Waals surface area contributed by atoms with Crippen molar-refractivity contribution in [3.05, 3.63) is 27.3 Å². The zero-order chi connectivity index (χ0) is 10.8. The molecule has 0 unspecified atom stereocenters. The molecule has 15 heavy (non-hydrogen) atoms. The third kappa shape index (κ3) is 2.76. The van der Waals surface area contributed by atoms with Gasteiger partial charge in [-0.1, -0.05) is 11.3 Å². The maximum absolute atomic E-state index is 4.30. The van der Waals surface area contributed by atoms with Gasteiger partial charge in [0.2, 0.25) is 0 Å². The van der Waals surface area contributed by atoms with E-state index < -0.39 is 0 Å². The van der Waals surface area contributed by atoms with E-state index in [1.807, 2.05) is 26.1 Å². The lowest BCUT2D eigenvalue weighted by molar-refractivity contribution is 0.979. The Bertz CT molecular complexity index is 484. The zero-order valence-electron chi connectivity index (χ0n) is 8.19. The molecule has 0 atom stereocenters. The van der Waals surface area contributed by atoms with Gasteiger partial charge in [0.05, 0.1) is 0 Å². The Kier molecular flexibility index (Phi) is 3.38. The summed E-state index contributed by atoms with van der Waals surface area (Å²) in [4.78, 5) is 4.30. The SMILES string of the molecule is Cc1nnc(Sc2cc(C)c(Br)cn2)s1. The quantitative estimate of drug-likeness (QED) is 0.851. The number of hydrogen-bond acceptors (Lipinski definition) is 5. The largest absolute Gasteiger partial charge is 0.248 e. The van der Waals surface area contributed by atoms with E-state index >= 15 is 0 Å². The molecule has 2 rings (SSSR count). The molecule has 0 fully saturated rings. The smallest absolute Gasteiger partial charge is 0.180 e. The first-order valence-electron chi connectivity index (χ1n) is 4.25. The molecule has 2 aromatic rings. The van der Waals surface area contributed by atoms with Crippen molar-refractivity contribution in [1.82, 2.24) is 15.2 Å². The van der Waals surface area contributed by atoms with Crippen molar-refractivity contribution < 1.29 is 0 Å². The van der Waals surface area contributed by atoms with Gasteiger partial charge >= 0.3 is 0 Å².